The molecule has 0 radical (unpaired) electrons. The van der Waals surface area contributed by atoms with Crippen molar-refractivity contribution in [3.05, 3.63) is 62.4 Å². The Hall–Kier alpha value is -1.74. The lowest BCUT2D eigenvalue weighted by Crippen LogP contribution is -2.23. The van der Waals surface area contributed by atoms with Crippen molar-refractivity contribution >= 4 is 43.4 Å². The summed E-state index contributed by atoms with van der Waals surface area (Å²) in [5.74, 6) is 0.657. The van der Waals surface area contributed by atoms with Crippen LogP contribution in [0, 0.1) is 13.8 Å². The highest BCUT2D eigenvalue weighted by molar-refractivity contribution is 9.10. The van der Waals surface area contributed by atoms with E-state index in [2.05, 4.69) is 25.8 Å². The van der Waals surface area contributed by atoms with Crippen molar-refractivity contribution in [3.8, 4) is 11.3 Å². The Bertz CT molecular complexity index is 1040. The van der Waals surface area contributed by atoms with Crippen LogP contribution in [0.2, 0.25) is 0 Å². The fraction of sp³-hybridized carbons (Fsp3) is 0.167. The molecule has 2 heterocycles. The monoisotopic (exact) mass is 452 g/mol. The normalized spacial score (nSPS) is 12.1. The highest BCUT2D eigenvalue weighted by Crippen LogP contribution is 2.34. The number of halogens is 1. The summed E-state index contributed by atoms with van der Waals surface area (Å²) in [6.45, 7) is 4.06. The summed E-state index contributed by atoms with van der Waals surface area (Å²) in [5.41, 5.74) is 3.69. The highest BCUT2D eigenvalue weighted by Gasteiger charge is 2.15. The summed E-state index contributed by atoms with van der Waals surface area (Å²) >= 11 is 4.85. The van der Waals surface area contributed by atoms with E-state index in [9.17, 15) is 8.42 Å². The first-order valence-electron chi connectivity index (χ1n) is 7.79. The van der Waals surface area contributed by atoms with E-state index in [0.29, 0.717) is 5.76 Å². The molecule has 3 aromatic rings. The molecule has 0 saturated heterocycles. The zero-order valence-electron chi connectivity index (χ0n) is 14.2. The average Bonchev–Trinajstić information content (AvgIpc) is 3.25. The lowest BCUT2D eigenvalue weighted by molar-refractivity contribution is 0.427. The van der Waals surface area contributed by atoms with E-state index in [1.807, 2.05) is 38.1 Å². The number of nitrogens with one attached hydrogen (secondary N) is 1. The molecule has 0 aliphatic heterocycles. The van der Waals surface area contributed by atoms with Crippen LogP contribution in [0.3, 0.4) is 0 Å². The largest absolute Gasteiger partial charge is 0.355 e. The maximum absolute atomic E-state index is 12.1. The number of aryl methyl sites for hydroxylation is 2. The van der Waals surface area contributed by atoms with Gasteiger partial charge in [-0.1, -0.05) is 35.0 Å². The Kier molecular flexibility index (Phi) is 5.76. The summed E-state index contributed by atoms with van der Waals surface area (Å²) in [5, 5.41) is 7.33. The van der Waals surface area contributed by atoms with Gasteiger partial charge in [-0.2, -0.15) is 11.3 Å². The van der Waals surface area contributed by atoms with Gasteiger partial charge in [0.2, 0.25) is 10.0 Å². The molecule has 0 amide bonds. The molecule has 0 aliphatic rings. The van der Waals surface area contributed by atoms with Gasteiger partial charge in [-0.25, -0.2) is 13.1 Å². The Morgan fingerprint density at radius 1 is 1.31 bits per heavy atom. The van der Waals surface area contributed by atoms with Crippen LogP contribution in [-0.4, -0.2) is 20.1 Å². The first-order chi connectivity index (χ1) is 12.4. The second kappa shape index (κ2) is 7.87. The molecule has 0 atom stereocenters. The Morgan fingerprint density at radius 3 is 2.77 bits per heavy atom. The Balaban J connectivity index is 1.80. The first-order valence-corrected chi connectivity index (χ1v) is 11.0. The fourth-order valence-electron chi connectivity index (χ4n) is 2.37. The zero-order chi connectivity index (χ0) is 18.7. The van der Waals surface area contributed by atoms with Gasteiger partial charge in [0.25, 0.3) is 0 Å². The SMILES string of the molecule is Cc1ccc(/C=C/CNS(=O)(=O)c2ccsc2)c(-c2onc(C)c2Br)c1. The summed E-state index contributed by atoms with van der Waals surface area (Å²) in [7, 11) is -3.47. The van der Waals surface area contributed by atoms with Crippen molar-refractivity contribution in [3.63, 3.8) is 0 Å². The molecular formula is C18H17BrN2O3S2. The van der Waals surface area contributed by atoms with Crippen LogP contribution in [0.25, 0.3) is 17.4 Å². The van der Waals surface area contributed by atoms with Gasteiger partial charge in [0.1, 0.15) is 0 Å². The van der Waals surface area contributed by atoms with Crippen LogP contribution in [0.4, 0.5) is 0 Å². The summed E-state index contributed by atoms with van der Waals surface area (Å²) in [6.07, 6.45) is 3.64. The van der Waals surface area contributed by atoms with Gasteiger partial charge in [-0.05, 0) is 52.9 Å². The van der Waals surface area contributed by atoms with Gasteiger partial charge >= 0.3 is 0 Å². The van der Waals surface area contributed by atoms with E-state index in [4.69, 9.17) is 4.52 Å². The maximum atomic E-state index is 12.1. The molecule has 0 aliphatic carbocycles. The standard InChI is InChI=1S/C18H17BrN2O3S2/c1-12-5-6-14(16(10-12)18-17(19)13(2)21-24-18)4-3-8-20-26(22,23)15-7-9-25-11-15/h3-7,9-11,20H,8H2,1-2H3/b4-3+. The van der Waals surface area contributed by atoms with E-state index in [1.54, 1.807) is 22.9 Å². The number of aromatic nitrogens is 1. The number of benzene rings is 1. The van der Waals surface area contributed by atoms with Gasteiger partial charge in [0, 0.05) is 17.5 Å². The van der Waals surface area contributed by atoms with Crippen LogP contribution < -0.4 is 4.72 Å². The summed E-state index contributed by atoms with van der Waals surface area (Å²) < 4.78 is 33.1. The van der Waals surface area contributed by atoms with Gasteiger partial charge in [0.05, 0.1) is 15.1 Å². The predicted octanol–water partition coefficient (Wildman–Crippen LogP) is 4.77. The molecule has 136 valence electrons. The van der Waals surface area contributed by atoms with E-state index >= 15 is 0 Å². The highest BCUT2D eigenvalue weighted by atomic mass is 79.9. The molecule has 2 aromatic heterocycles. The molecule has 26 heavy (non-hydrogen) atoms. The number of thiophene rings is 1. The molecule has 0 spiro atoms. The Labute approximate surface area is 164 Å². The van der Waals surface area contributed by atoms with Crippen molar-refractivity contribution < 1.29 is 12.9 Å². The van der Waals surface area contributed by atoms with Crippen LogP contribution in [0.15, 0.2) is 55.0 Å². The smallest absolute Gasteiger partial charge is 0.241 e. The minimum atomic E-state index is -3.47. The van der Waals surface area contributed by atoms with Gasteiger partial charge < -0.3 is 4.52 Å². The predicted molar refractivity (Wildman–Crippen MR) is 108 cm³/mol. The molecule has 1 N–H and O–H groups in total. The molecule has 0 fully saturated rings. The first kappa shape index (κ1) is 19.0. The quantitative estimate of drug-likeness (QED) is 0.584. The third-order valence-corrected chi connectivity index (χ3v) is 6.93. The summed E-state index contributed by atoms with van der Waals surface area (Å²) in [6, 6.07) is 7.56. The molecule has 1 aromatic carbocycles. The third kappa shape index (κ3) is 4.15. The minimum absolute atomic E-state index is 0.197. The lowest BCUT2D eigenvalue weighted by atomic mass is 10.0. The number of nitrogens with zero attached hydrogens (tertiary/aromatic N) is 1. The molecule has 0 bridgehead atoms. The van der Waals surface area contributed by atoms with Gasteiger partial charge in [0.15, 0.2) is 5.76 Å². The maximum Gasteiger partial charge on any atom is 0.241 e. The average molecular weight is 453 g/mol. The molecule has 0 unspecified atom stereocenters. The number of hydrogen-bond acceptors (Lipinski definition) is 5. The van der Waals surface area contributed by atoms with Crippen molar-refractivity contribution in [2.45, 2.75) is 18.7 Å². The third-order valence-electron chi connectivity index (χ3n) is 3.74. The second-order valence-corrected chi connectivity index (χ2v) is 9.06. The topological polar surface area (TPSA) is 72.2 Å². The van der Waals surface area contributed by atoms with Crippen LogP contribution >= 0.6 is 27.3 Å². The summed E-state index contributed by atoms with van der Waals surface area (Å²) in [4.78, 5) is 0.285. The van der Waals surface area contributed by atoms with E-state index < -0.39 is 10.0 Å². The van der Waals surface area contributed by atoms with Crippen molar-refractivity contribution in [1.29, 1.82) is 0 Å². The van der Waals surface area contributed by atoms with Crippen LogP contribution in [0.1, 0.15) is 16.8 Å². The Morgan fingerprint density at radius 2 is 2.12 bits per heavy atom. The van der Waals surface area contributed by atoms with Crippen LogP contribution in [-0.2, 0) is 10.0 Å². The number of sulfonamides is 1. The fourth-order valence-corrected chi connectivity index (χ4v) is 4.73. The van der Waals surface area contributed by atoms with Gasteiger partial charge in [-0.15, -0.1) is 0 Å². The molecular weight excluding hydrogens is 436 g/mol. The van der Waals surface area contributed by atoms with E-state index in [-0.39, 0.29) is 11.4 Å². The molecule has 0 saturated carbocycles. The zero-order valence-corrected chi connectivity index (χ0v) is 17.4. The molecule has 5 nitrogen and oxygen atoms in total. The molecule has 3 rings (SSSR count). The minimum Gasteiger partial charge on any atom is -0.355 e. The molecule has 8 heteroatoms. The van der Waals surface area contributed by atoms with Crippen molar-refractivity contribution in [1.82, 2.24) is 9.88 Å². The number of hydrogen-bond donors (Lipinski definition) is 1. The van der Waals surface area contributed by atoms with Crippen molar-refractivity contribution in [2.24, 2.45) is 0 Å². The second-order valence-electron chi connectivity index (χ2n) is 5.72. The van der Waals surface area contributed by atoms with Gasteiger partial charge in [-0.3, -0.25) is 0 Å². The van der Waals surface area contributed by atoms with E-state index in [0.717, 1.165) is 26.9 Å². The van der Waals surface area contributed by atoms with Crippen LogP contribution in [0.5, 0.6) is 0 Å². The lowest BCUT2D eigenvalue weighted by Gasteiger charge is -2.06. The van der Waals surface area contributed by atoms with Crippen molar-refractivity contribution in [2.75, 3.05) is 6.54 Å². The number of rotatable bonds is 6. The van der Waals surface area contributed by atoms with E-state index in [1.165, 1.54) is 11.3 Å².